The molecule has 146 heavy (non-hydrogen) atoms. The Hall–Kier alpha value is -11.0. The quantitative estimate of drug-likeness (QED) is 0.0679. The Bertz CT molecular complexity index is 6010. The first-order valence-corrected chi connectivity index (χ1v) is 54.8. The third kappa shape index (κ3) is 23.5. The first-order valence-electron chi connectivity index (χ1n) is 53.6. The van der Waals surface area contributed by atoms with Gasteiger partial charge >= 0.3 is 24.1 Å². The summed E-state index contributed by atoms with van der Waals surface area (Å²) in [4.78, 5) is 108. The molecule has 2 bridgehead atoms. The van der Waals surface area contributed by atoms with E-state index < -0.39 is 0 Å². The van der Waals surface area contributed by atoms with E-state index in [2.05, 4.69) is 175 Å². The summed E-state index contributed by atoms with van der Waals surface area (Å²) in [5, 5.41) is 29.0. The van der Waals surface area contributed by atoms with Crippen LogP contribution in [0.4, 0.5) is 65.2 Å². The van der Waals surface area contributed by atoms with Crippen LogP contribution in [0.5, 0.6) is 0 Å². The van der Waals surface area contributed by atoms with Crippen LogP contribution >= 0.6 is 34.8 Å². The predicted octanol–water partition coefficient (Wildman–Crippen LogP) is 18.5. The number of nitrogens with zero attached hydrogens (tertiary/aromatic N) is 22. The van der Waals surface area contributed by atoms with Crippen molar-refractivity contribution in [3.8, 4) is 0 Å². The zero-order chi connectivity index (χ0) is 102. The zero-order valence-corrected chi connectivity index (χ0v) is 89.0. The number of allylic oxidation sites excluding steroid dienone is 3. The molecule has 0 saturated carbocycles. The molecule has 35 heteroatoms. The largest absolute Gasteiger partial charge is 0.377 e. The van der Waals surface area contributed by atoms with Crippen LogP contribution in [0.15, 0.2) is 159 Å². The van der Waals surface area contributed by atoms with Crippen LogP contribution in [0.1, 0.15) is 204 Å². The number of benzene rings is 4. The van der Waals surface area contributed by atoms with Crippen molar-refractivity contribution in [2.75, 3.05) is 192 Å². The molecule has 6 amide bonds. The van der Waals surface area contributed by atoms with Gasteiger partial charge in [-0.05, 0) is 290 Å². The van der Waals surface area contributed by atoms with Crippen LogP contribution in [-0.4, -0.2) is 305 Å². The maximum absolute atomic E-state index is 13.1. The van der Waals surface area contributed by atoms with Gasteiger partial charge in [-0.2, -0.15) is 18.7 Å². The van der Waals surface area contributed by atoms with E-state index in [1.165, 1.54) is 184 Å². The second-order valence-corrected chi connectivity index (χ2v) is 45.4. The number of hydrogen-bond acceptors (Lipinski definition) is 22. The van der Waals surface area contributed by atoms with E-state index in [4.69, 9.17) is 39.5 Å². The number of carbonyl (C=O) groups excluding carboxylic acids is 6. The number of piperidine rings is 4. The summed E-state index contributed by atoms with van der Waals surface area (Å²) in [7, 11) is 1.67. The lowest BCUT2D eigenvalue weighted by molar-refractivity contribution is -0.128. The normalized spacial score (nSPS) is 22.5. The van der Waals surface area contributed by atoms with Gasteiger partial charge < -0.3 is 64.8 Å². The number of rotatable bonds is 19. The number of amides is 6. The molecular weight excluding hydrogens is 1900 g/mol. The lowest BCUT2D eigenvalue weighted by Gasteiger charge is -2.45. The van der Waals surface area contributed by atoms with E-state index in [-0.39, 0.29) is 58.1 Å². The number of aryl methyl sites for hydroxylation is 1. The van der Waals surface area contributed by atoms with E-state index in [1.807, 2.05) is 45.3 Å². The smallest absolute Gasteiger partial charge is 0.344 e. The van der Waals surface area contributed by atoms with Gasteiger partial charge in [-0.3, -0.25) is 34.1 Å². The molecule has 22 rings (SSSR count). The van der Waals surface area contributed by atoms with Gasteiger partial charge in [0.1, 0.15) is 0 Å². The Kier molecular flexibility index (Phi) is 31.8. The van der Waals surface area contributed by atoms with Crippen LogP contribution < -0.4 is 40.4 Å². The van der Waals surface area contributed by atoms with Crippen LogP contribution in [0.3, 0.4) is 0 Å². The summed E-state index contributed by atoms with van der Waals surface area (Å²) < 4.78 is 11.5. The second kappa shape index (κ2) is 44.8. The Morgan fingerprint density at radius 3 is 1.03 bits per heavy atom. The third-order valence-corrected chi connectivity index (χ3v) is 34.7. The first kappa shape index (κ1) is 104. The van der Waals surface area contributed by atoms with Crippen LogP contribution in [0.2, 0.25) is 15.1 Å². The predicted molar refractivity (Wildman–Crippen MR) is 579 cm³/mol. The van der Waals surface area contributed by atoms with Crippen molar-refractivity contribution in [2.24, 2.45) is 11.8 Å². The monoisotopic (exact) mass is 2050 g/mol. The molecule has 4 aromatic carbocycles. The Morgan fingerprint density at radius 1 is 0.370 bits per heavy atom. The van der Waals surface area contributed by atoms with Gasteiger partial charge in [0.05, 0.1) is 25.3 Å². The van der Waals surface area contributed by atoms with Gasteiger partial charge in [0, 0.05) is 290 Å². The number of halogens is 3. The Morgan fingerprint density at radius 2 is 0.685 bits per heavy atom. The molecule has 3 N–H and O–H groups in total. The molecule has 0 radical (unpaired) electrons. The number of likely N-dealkylation sites (tertiary alicyclic amines) is 9. The number of anilines is 8. The molecule has 8 aromatic rings. The molecule has 0 aliphatic carbocycles. The Balaban J connectivity index is 0.000000123. The highest BCUT2D eigenvalue weighted by Crippen LogP contribution is 2.48. The minimum Gasteiger partial charge on any atom is -0.377 e. The van der Waals surface area contributed by atoms with Crippen LogP contribution in [-0.2, 0) is 40.5 Å². The fraction of sp³-hybridized carbons (Fsp3) is 0.568. The summed E-state index contributed by atoms with van der Waals surface area (Å²) in [6, 6.07) is 34.5. The van der Waals surface area contributed by atoms with Crippen LogP contribution in [0, 0.1) is 18.8 Å². The number of fused-ring (bicyclic) bond motifs is 3. The van der Waals surface area contributed by atoms with Gasteiger partial charge in [-0.25, -0.2) is 19.2 Å². The van der Waals surface area contributed by atoms with Gasteiger partial charge in [-0.1, -0.05) is 60.6 Å². The van der Waals surface area contributed by atoms with Crippen molar-refractivity contribution in [1.82, 2.24) is 83.2 Å². The number of morpholine rings is 1. The van der Waals surface area contributed by atoms with Gasteiger partial charge in [-0.15, -0.1) is 20.4 Å². The van der Waals surface area contributed by atoms with Crippen molar-refractivity contribution >= 4 is 117 Å². The molecule has 4 atom stereocenters. The van der Waals surface area contributed by atoms with E-state index >= 15 is 0 Å². The molecule has 14 aliphatic rings. The molecule has 4 unspecified atom stereocenters. The Labute approximate surface area is 876 Å². The van der Waals surface area contributed by atoms with Crippen molar-refractivity contribution in [3.05, 3.63) is 202 Å². The molecule has 18 heterocycles. The fourth-order valence-corrected chi connectivity index (χ4v) is 27.1. The van der Waals surface area contributed by atoms with Crippen LogP contribution in [0.25, 0.3) is 0 Å². The van der Waals surface area contributed by atoms with E-state index in [1.54, 1.807) is 63.0 Å². The molecular formula is C111H150Cl3N25O7. The molecule has 4 aromatic heterocycles. The van der Waals surface area contributed by atoms with Crippen molar-refractivity contribution in [2.45, 2.75) is 243 Å². The topological polar surface area (TPSA) is 264 Å². The molecule has 4 spiro atoms. The van der Waals surface area contributed by atoms with E-state index in [9.17, 15) is 28.8 Å². The summed E-state index contributed by atoms with van der Waals surface area (Å²) in [5.74, 6) is 3.57. The van der Waals surface area contributed by atoms with Crippen molar-refractivity contribution < 1.29 is 33.5 Å². The second-order valence-electron chi connectivity index (χ2n) is 44.1. The van der Waals surface area contributed by atoms with Crippen molar-refractivity contribution in [1.29, 1.82) is 0 Å². The summed E-state index contributed by atoms with van der Waals surface area (Å²) in [6.07, 6.45) is 31.7. The standard InChI is InChI=1S/C30H40ClN7O2.C28H37ClN6O2.C27H38N6O2.C26H35ClN6O/c1-21(2)32-28-5-10-38(33-28)29(40)34-11-7-30(8-12-34)6-4-9-37(30)16-23-13-26(31)15-27(14-23)36-19-24-17-35(22(3)39)18-25(24)20-36;1-20(2)30-26-6-11-34(31-26)27(36)32-12-8-28(9-13-32)7-3-10-33(28)17-21-14-22(29)16-25(15-21)35-23-4-5-24(35)19-37-18-23;1-21-17-23(19-24(18-21)30-11-4-5-12-30)20-32-13-6-8-27(32)9-15-31(16-10-27)26(35)33-14-7-25(28-33)29(3)22(2)34;1-20(2)28-24-6-13-33(29-24)25(34)31-14-8-26(9-15-31)7-5-12-32(26)19-21-16-22(27)18-23(17-21)30-10-3-4-11-30/h5,10,13-15,24-25H,1,4,6-9,11-12,16-20H2,2-3H3,(H,32,33);6,11,14-16,23-24H,1,3-5,7-10,12-13,17-19H2,2H3,(H,30,31);7,14,17-19H,4-6,8-13,15-16,20H2,1-3H3;6,13,16-18H,1,3-5,7-12,14-15,19H2,2H3,(H,28,29). The average Bonchev–Trinajstić information content (AvgIpc) is 1.59. The maximum Gasteiger partial charge on any atom is 0.344 e. The number of carbonyl (C=O) groups is 6. The lowest BCUT2D eigenvalue weighted by atomic mass is 9.84. The minimum atomic E-state index is -0.110. The van der Waals surface area contributed by atoms with Gasteiger partial charge in [0.2, 0.25) is 11.8 Å². The fourth-order valence-electron chi connectivity index (χ4n) is 26.3. The molecule has 32 nitrogen and oxygen atoms in total. The summed E-state index contributed by atoms with van der Waals surface area (Å²) in [5.41, 5.74) is 14.6. The SMILES string of the molecule is C=C(C)Nc1ccn(C(=O)N2CCC3(CCCN3Cc3cc(Cl)cc(N4C5CCC4COC5)c3)CC2)n1.C=C(C)Nc1ccn(C(=O)N2CCC3(CCCN3Cc3cc(Cl)cc(N4CC5CN(C(C)=O)CC5C4)c3)CC2)n1.C=C(C)Nc1ccn(C(=O)N2CCC3(CCCN3Cc3cc(Cl)cc(N4CCCC4)c3)CC2)n1.CC(=O)N(C)c1ccn(C(=O)N2CCC3(CCCN3Cc3cc(C)cc(N4CCCC4)c3)CC2)n1. The number of aromatic nitrogens is 8. The van der Waals surface area contributed by atoms with E-state index in [0.29, 0.717) is 47.2 Å². The number of ether oxygens (including phenoxy) is 1. The number of hydrogen-bond donors (Lipinski definition) is 3. The first-order chi connectivity index (χ1) is 70.3. The highest BCUT2D eigenvalue weighted by molar-refractivity contribution is 6.31. The van der Waals surface area contributed by atoms with Gasteiger partial charge in [0.15, 0.2) is 23.3 Å². The molecule has 14 saturated heterocycles. The van der Waals surface area contributed by atoms with Crippen molar-refractivity contribution in [3.63, 3.8) is 0 Å². The zero-order valence-electron chi connectivity index (χ0n) is 86.7. The highest BCUT2D eigenvalue weighted by Gasteiger charge is 2.50. The summed E-state index contributed by atoms with van der Waals surface area (Å²) in [6.45, 7) is 46.4. The van der Waals surface area contributed by atoms with Gasteiger partial charge in [0.25, 0.3) is 0 Å². The third-order valence-electron chi connectivity index (χ3n) is 34.0. The van der Waals surface area contributed by atoms with E-state index in [0.717, 1.165) is 241 Å². The summed E-state index contributed by atoms with van der Waals surface area (Å²) >= 11 is 19.8. The lowest BCUT2D eigenvalue weighted by Crippen LogP contribution is -2.53. The highest BCUT2D eigenvalue weighted by atomic mass is 35.5. The molecule has 782 valence electrons. The minimum absolute atomic E-state index is 0.0562. The number of nitrogens with one attached hydrogen (secondary N) is 3. The maximum atomic E-state index is 13.1. The average molecular weight is 2050 g/mol. The molecule has 14 fully saturated rings. The molecule has 14 aliphatic heterocycles.